The SMILES string of the molecule is Cc1cc(C)c(C)c(S(=O)(=O)Nc2ccccc2C(=O)NC2CCN(Cc3ccccc3)CC2)c1C. The van der Waals surface area contributed by atoms with Crippen LogP contribution in [0.2, 0.25) is 0 Å². The summed E-state index contributed by atoms with van der Waals surface area (Å²) in [5.41, 5.74) is 5.17. The van der Waals surface area contributed by atoms with Crippen LogP contribution in [-0.2, 0) is 16.6 Å². The number of anilines is 1. The zero-order chi connectivity index (χ0) is 25.9. The Balaban J connectivity index is 1.45. The molecule has 1 aliphatic rings. The highest BCUT2D eigenvalue weighted by Crippen LogP contribution is 2.29. The van der Waals surface area contributed by atoms with Gasteiger partial charge in [-0.1, -0.05) is 48.5 Å². The highest BCUT2D eigenvalue weighted by atomic mass is 32.2. The van der Waals surface area contributed by atoms with E-state index in [1.165, 1.54) is 5.56 Å². The van der Waals surface area contributed by atoms with E-state index < -0.39 is 10.0 Å². The molecule has 0 spiro atoms. The number of sulfonamides is 1. The zero-order valence-corrected chi connectivity index (χ0v) is 22.3. The van der Waals surface area contributed by atoms with Crippen LogP contribution in [0.25, 0.3) is 0 Å². The number of benzene rings is 3. The maximum Gasteiger partial charge on any atom is 0.262 e. The average Bonchev–Trinajstić information content (AvgIpc) is 2.85. The number of carbonyl (C=O) groups is 1. The van der Waals surface area contributed by atoms with E-state index in [0.29, 0.717) is 5.56 Å². The van der Waals surface area contributed by atoms with E-state index in [9.17, 15) is 13.2 Å². The van der Waals surface area contributed by atoms with Crippen LogP contribution in [0.3, 0.4) is 0 Å². The van der Waals surface area contributed by atoms with Crippen LogP contribution in [0.1, 0.15) is 51.0 Å². The van der Waals surface area contributed by atoms with Gasteiger partial charge in [-0.15, -0.1) is 0 Å². The summed E-state index contributed by atoms with van der Waals surface area (Å²) in [6, 6.07) is 19.2. The molecular formula is C29H35N3O3S. The molecular weight excluding hydrogens is 470 g/mol. The smallest absolute Gasteiger partial charge is 0.262 e. The molecule has 2 N–H and O–H groups in total. The lowest BCUT2D eigenvalue weighted by Gasteiger charge is -2.32. The first kappa shape index (κ1) is 25.9. The summed E-state index contributed by atoms with van der Waals surface area (Å²) in [7, 11) is -3.88. The Morgan fingerprint density at radius 2 is 1.47 bits per heavy atom. The molecule has 3 aromatic rings. The molecule has 36 heavy (non-hydrogen) atoms. The molecule has 3 aromatic carbocycles. The van der Waals surface area contributed by atoms with Gasteiger partial charge in [0.2, 0.25) is 0 Å². The monoisotopic (exact) mass is 505 g/mol. The van der Waals surface area contributed by atoms with Gasteiger partial charge in [0, 0.05) is 25.7 Å². The number of nitrogens with one attached hydrogen (secondary N) is 2. The first-order chi connectivity index (χ1) is 17.2. The molecule has 6 nitrogen and oxygen atoms in total. The van der Waals surface area contributed by atoms with E-state index in [1.807, 2.05) is 39.8 Å². The van der Waals surface area contributed by atoms with Crippen LogP contribution in [0.5, 0.6) is 0 Å². The molecule has 0 saturated carbocycles. The van der Waals surface area contributed by atoms with Crippen LogP contribution in [0.4, 0.5) is 5.69 Å². The molecule has 190 valence electrons. The number of nitrogens with zero attached hydrogens (tertiary/aromatic N) is 1. The second-order valence-electron chi connectivity index (χ2n) is 9.75. The van der Waals surface area contributed by atoms with Crippen molar-refractivity contribution in [3.63, 3.8) is 0 Å². The van der Waals surface area contributed by atoms with Crippen molar-refractivity contribution in [2.24, 2.45) is 0 Å². The molecule has 1 fully saturated rings. The maximum absolute atomic E-state index is 13.5. The lowest BCUT2D eigenvalue weighted by atomic mass is 10.0. The lowest BCUT2D eigenvalue weighted by Crippen LogP contribution is -2.44. The third kappa shape index (κ3) is 5.79. The van der Waals surface area contributed by atoms with Gasteiger partial charge in [0.15, 0.2) is 0 Å². The fourth-order valence-corrected chi connectivity index (χ4v) is 6.59. The quantitative estimate of drug-likeness (QED) is 0.467. The molecule has 1 aliphatic heterocycles. The summed E-state index contributed by atoms with van der Waals surface area (Å²) in [6.45, 7) is 10.2. The van der Waals surface area contributed by atoms with Gasteiger partial charge in [-0.2, -0.15) is 0 Å². The molecule has 4 rings (SSSR count). The fourth-order valence-electron chi connectivity index (χ4n) is 4.89. The van der Waals surface area contributed by atoms with E-state index >= 15 is 0 Å². The minimum atomic E-state index is -3.88. The van der Waals surface area contributed by atoms with Crippen molar-refractivity contribution in [2.45, 2.75) is 58.0 Å². The van der Waals surface area contributed by atoms with Crippen molar-refractivity contribution >= 4 is 21.6 Å². The van der Waals surface area contributed by atoms with Crippen molar-refractivity contribution in [3.05, 3.63) is 94.0 Å². The number of rotatable bonds is 7. The van der Waals surface area contributed by atoms with Crippen LogP contribution < -0.4 is 10.0 Å². The van der Waals surface area contributed by atoms with Gasteiger partial charge in [-0.25, -0.2) is 8.42 Å². The summed E-state index contributed by atoms with van der Waals surface area (Å²) < 4.78 is 29.6. The number of piperidine rings is 1. The predicted octanol–water partition coefficient (Wildman–Crippen LogP) is 5.12. The summed E-state index contributed by atoms with van der Waals surface area (Å²) in [6.07, 6.45) is 1.71. The van der Waals surface area contributed by atoms with Crippen molar-refractivity contribution < 1.29 is 13.2 Å². The van der Waals surface area contributed by atoms with E-state index in [2.05, 4.69) is 39.2 Å². The second kappa shape index (κ2) is 10.8. The molecule has 0 aromatic heterocycles. The number of hydrogen-bond acceptors (Lipinski definition) is 4. The van der Waals surface area contributed by atoms with E-state index in [4.69, 9.17) is 0 Å². The average molecular weight is 506 g/mol. The van der Waals surface area contributed by atoms with Gasteiger partial charge in [0.05, 0.1) is 16.1 Å². The molecule has 1 saturated heterocycles. The Morgan fingerprint density at radius 3 is 2.11 bits per heavy atom. The predicted molar refractivity (Wildman–Crippen MR) is 145 cm³/mol. The van der Waals surface area contributed by atoms with Gasteiger partial charge < -0.3 is 5.32 Å². The molecule has 1 amide bonds. The van der Waals surface area contributed by atoms with Gasteiger partial charge in [0.25, 0.3) is 15.9 Å². The normalized spacial score (nSPS) is 15.0. The largest absolute Gasteiger partial charge is 0.349 e. The van der Waals surface area contributed by atoms with Crippen molar-refractivity contribution in [1.82, 2.24) is 10.2 Å². The second-order valence-corrected chi connectivity index (χ2v) is 11.4. The van der Waals surface area contributed by atoms with Gasteiger partial charge >= 0.3 is 0 Å². The number of para-hydroxylation sites is 1. The van der Waals surface area contributed by atoms with Crippen molar-refractivity contribution in [3.8, 4) is 0 Å². The van der Waals surface area contributed by atoms with Gasteiger partial charge in [0.1, 0.15) is 0 Å². The van der Waals surface area contributed by atoms with E-state index in [-0.39, 0.29) is 22.5 Å². The Hall–Kier alpha value is -3.16. The topological polar surface area (TPSA) is 78.5 Å². The molecule has 0 radical (unpaired) electrons. The standard InChI is InChI=1S/C29H35N3O3S/c1-20-18-21(2)23(4)28(22(20)3)36(34,35)31-27-13-9-8-12-26(27)29(33)30-25-14-16-32(17-15-25)19-24-10-6-5-7-11-24/h5-13,18,25,31H,14-17,19H2,1-4H3,(H,30,33). The first-order valence-electron chi connectivity index (χ1n) is 12.4. The molecule has 1 heterocycles. The fraction of sp³-hybridized carbons (Fsp3) is 0.345. The minimum absolute atomic E-state index is 0.0538. The molecule has 7 heteroatoms. The van der Waals surface area contributed by atoms with Gasteiger partial charge in [-0.3, -0.25) is 14.4 Å². The molecule has 0 atom stereocenters. The summed E-state index contributed by atoms with van der Waals surface area (Å²) in [4.78, 5) is 15.9. The minimum Gasteiger partial charge on any atom is -0.349 e. The number of aryl methyl sites for hydroxylation is 2. The van der Waals surface area contributed by atoms with Crippen molar-refractivity contribution in [1.29, 1.82) is 0 Å². The third-order valence-electron chi connectivity index (χ3n) is 7.15. The van der Waals surface area contributed by atoms with Crippen LogP contribution in [-0.4, -0.2) is 38.4 Å². The summed E-state index contributed by atoms with van der Waals surface area (Å²) >= 11 is 0. The summed E-state index contributed by atoms with van der Waals surface area (Å²) in [5, 5.41) is 3.13. The lowest BCUT2D eigenvalue weighted by molar-refractivity contribution is 0.0910. The van der Waals surface area contributed by atoms with Gasteiger partial charge in [-0.05, 0) is 80.5 Å². The Bertz CT molecular complexity index is 1320. The van der Waals surface area contributed by atoms with Crippen LogP contribution >= 0.6 is 0 Å². The van der Waals surface area contributed by atoms with E-state index in [0.717, 1.165) is 54.7 Å². The molecule has 0 unspecified atom stereocenters. The first-order valence-corrected chi connectivity index (χ1v) is 13.9. The number of hydrogen-bond donors (Lipinski definition) is 2. The van der Waals surface area contributed by atoms with Crippen molar-refractivity contribution in [2.75, 3.05) is 17.8 Å². The van der Waals surface area contributed by atoms with Crippen LogP contribution in [0, 0.1) is 27.7 Å². The highest BCUT2D eigenvalue weighted by molar-refractivity contribution is 7.92. The van der Waals surface area contributed by atoms with E-state index in [1.54, 1.807) is 24.3 Å². The number of likely N-dealkylation sites (tertiary alicyclic amines) is 1. The Morgan fingerprint density at radius 1 is 0.889 bits per heavy atom. The summed E-state index contributed by atoms with van der Waals surface area (Å²) in [5.74, 6) is -0.260. The molecule has 0 bridgehead atoms. The number of carbonyl (C=O) groups excluding carboxylic acids is 1. The van der Waals surface area contributed by atoms with Crippen LogP contribution in [0.15, 0.2) is 65.6 Å². The Labute approximate surface area is 214 Å². The third-order valence-corrected chi connectivity index (χ3v) is 8.79. The maximum atomic E-state index is 13.5. The zero-order valence-electron chi connectivity index (χ0n) is 21.5. The Kier molecular flexibility index (Phi) is 7.81. The highest BCUT2D eigenvalue weighted by Gasteiger charge is 2.26. The number of amides is 1. The molecule has 0 aliphatic carbocycles.